The van der Waals surface area contributed by atoms with Crippen molar-refractivity contribution in [2.24, 2.45) is 5.92 Å². The van der Waals surface area contributed by atoms with Crippen LogP contribution in [-0.4, -0.2) is 29.1 Å². The van der Waals surface area contributed by atoms with Crippen molar-refractivity contribution < 1.29 is 9.90 Å². The maximum atomic E-state index is 11.9. The summed E-state index contributed by atoms with van der Waals surface area (Å²) in [5.41, 5.74) is 0.901. The monoisotopic (exact) mass is 326 g/mol. The summed E-state index contributed by atoms with van der Waals surface area (Å²) >= 11 is 4.93. The largest absolute Gasteiger partial charge is 0.396 e. The Kier molecular flexibility index (Phi) is 3.09. The van der Waals surface area contributed by atoms with Crippen molar-refractivity contribution in [3.05, 3.63) is 22.7 Å². The van der Waals surface area contributed by atoms with Gasteiger partial charge in [0.1, 0.15) is 0 Å². The van der Waals surface area contributed by atoms with Gasteiger partial charge >= 0.3 is 0 Å². The van der Waals surface area contributed by atoms with Crippen LogP contribution in [0, 0.1) is 5.92 Å². The number of aliphatic hydroxyl groups excluding tert-OH is 1. The minimum absolute atomic E-state index is 0.0382. The lowest BCUT2D eigenvalue weighted by Gasteiger charge is -2.11. The third-order valence-corrected chi connectivity index (χ3v) is 4.57. The van der Waals surface area contributed by atoms with Crippen LogP contribution in [0.5, 0.6) is 0 Å². The first kappa shape index (κ1) is 12.1. The number of fused-ring (bicyclic) bond motifs is 1. The van der Waals surface area contributed by atoms with Crippen molar-refractivity contribution >= 4 is 48.5 Å². The van der Waals surface area contributed by atoms with Crippen LogP contribution < -0.4 is 4.90 Å². The van der Waals surface area contributed by atoms with Gasteiger partial charge in [0.05, 0.1) is 10.2 Å². The number of halogens is 1. The van der Waals surface area contributed by atoms with Crippen molar-refractivity contribution in [1.82, 2.24) is 4.98 Å². The quantitative estimate of drug-likeness (QED) is 0.922. The van der Waals surface area contributed by atoms with E-state index in [9.17, 15) is 4.79 Å². The Morgan fingerprint density at radius 1 is 1.56 bits per heavy atom. The fourth-order valence-corrected chi connectivity index (χ4v) is 3.63. The van der Waals surface area contributed by atoms with E-state index >= 15 is 0 Å². The number of amides is 1. The second-order valence-electron chi connectivity index (χ2n) is 4.37. The van der Waals surface area contributed by atoms with Gasteiger partial charge < -0.3 is 5.11 Å². The first-order chi connectivity index (χ1) is 8.67. The lowest BCUT2D eigenvalue weighted by Crippen LogP contribution is -2.24. The van der Waals surface area contributed by atoms with Crippen LogP contribution in [0.2, 0.25) is 0 Å². The number of thiazole rings is 1. The number of aliphatic hydroxyl groups is 1. The number of hydrogen-bond acceptors (Lipinski definition) is 4. The van der Waals surface area contributed by atoms with Crippen LogP contribution in [0.15, 0.2) is 22.7 Å². The molecule has 1 aromatic heterocycles. The maximum absolute atomic E-state index is 11.9. The smallest absolute Gasteiger partial charge is 0.229 e. The molecule has 1 atom stereocenters. The zero-order valence-electron chi connectivity index (χ0n) is 9.47. The molecule has 3 rings (SSSR count). The highest BCUT2D eigenvalue weighted by molar-refractivity contribution is 9.10. The Morgan fingerprint density at radius 3 is 3.11 bits per heavy atom. The number of aromatic nitrogens is 1. The third kappa shape index (κ3) is 2.04. The highest BCUT2D eigenvalue weighted by Crippen LogP contribution is 2.33. The summed E-state index contributed by atoms with van der Waals surface area (Å²) in [6.45, 7) is 0.620. The highest BCUT2D eigenvalue weighted by Gasteiger charge is 2.31. The molecule has 1 aliphatic heterocycles. The number of hydrogen-bond donors (Lipinski definition) is 1. The molecule has 1 unspecified atom stereocenters. The topological polar surface area (TPSA) is 53.4 Å². The normalized spacial score (nSPS) is 20.0. The second-order valence-corrected chi connectivity index (χ2v) is 6.29. The number of carbonyl (C=O) groups excluding carboxylic acids is 1. The Morgan fingerprint density at radius 2 is 2.39 bits per heavy atom. The van der Waals surface area contributed by atoms with Crippen molar-refractivity contribution in [1.29, 1.82) is 0 Å². The molecule has 0 bridgehead atoms. The zero-order chi connectivity index (χ0) is 12.7. The summed E-state index contributed by atoms with van der Waals surface area (Å²) in [6, 6.07) is 5.87. The van der Waals surface area contributed by atoms with Gasteiger partial charge in [-0.25, -0.2) is 4.98 Å². The average molecular weight is 327 g/mol. The van der Waals surface area contributed by atoms with E-state index in [2.05, 4.69) is 20.9 Å². The van der Waals surface area contributed by atoms with Gasteiger partial charge in [0.25, 0.3) is 0 Å². The molecule has 1 aromatic carbocycles. The van der Waals surface area contributed by atoms with Gasteiger partial charge in [-0.15, -0.1) is 0 Å². The van der Waals surface area contributed by atoms with Crippen LogP contribution in [0.4, 0.5) is 5.13 Å². The Hall–Kier alpha value is -0.980. The molecule has 1 N–H and O–H groups in total. The molecule has 94 valence electrons. The lowest BCUT2D eigenvalue weighted by atomic mass is 10.1. The van der Waals surface area contributed by atoms with Crippen molar-refractivity contribution in [2.75, 3.05) is 18.1 Å². The minimum atomic E-state index is 0.0382. The van der Waals surface area contributed by atoms with E-state index in [1.54, 1.807) is 4.90 Å². The van der Waals surface area contributed by atoms with Crippen LogP contribution in [-0.2, 0) is 4.79 Å². The SMILES string of the molecule is O=C1CC(CO)CN1c1nc2ccc(Br)cc2s1. The fraction of sp³-hybridized carbons (Fsp3) is 0.333. The zero-order valence-corrected chi connectivity index (χ0v) is 11.9. The molecule has 0 spiro atoms. The van der Waals surface area contributed by atoms with E-state index in [0.29, 0.717) is 13.0 Å². The summed E-state index contributed by atoms with van der Waals surface area (Å²) in [6.07, 6.45) is 0.413. The van der Waals surface area contributed by atoms with E-state index in [0.717, 1.165) is 19.8 Å². The van der Waals surface area contributed by atoms with Crippen molar-refractivity contribution in [3.63, 3.8) is 0 Å². The average Bonchev–Trinajstić information content (AvgIpc) is 2.91. The van der Waals surface area contributed by atoms with Gasteiger partial charge in [0.2, 0.25) is 5.91 Å². The minimum Gasteiger partial charge on any atom is -0.396 e. The highest BCUT2D eigenvalue weighted by atomic mass is 79.9. The number of carbonyl (C=O) groups is 1. The first-order valence-electron chi connectivity index (χ1n) is 5.64. The molecule has 2 aromatic rings. The number of benzene rings is 1. The van der Waals surface area contributed by atoms with Gasteiger partial charge in [-0.2, -0.15) is 0 Å². The summed E-state index contributed by atoms with van der Waals surface area (Å²) in [5, 5.41) is 9.85. The molecule has 0 saturated carbocycles. The molecule has 1 fully saturated rings. The van der Waals surface area contributed by atoms with Gasteiger partial charge in [-0.1, -0.05) is 27.3 Å². The Bertz CT molecular complexity index is 613. The molecule has 4 nitrogen and oxygen atoms in total. The van der Waals surface area contributed by atoms with E-state index < -0.39 is 0 Å². The van der Waals surface area contributed by atoms with E-state index in [1.807, 2.05) is 18.2 Å². The molecule has 1 amide bonds. The predicted molar refractivity (Wildman–Crippen MR) is 74.9 cm³/mol. The molecule has 18 heavy (non-hydrogen) atoms. The molecule has 0 radical (unpaired) electrons. The van der Waals surface area contributed by atoms with Crippen LogP contribution in [0.25, 0.3) is 10.2 Å². The molecule has 2 heterocycles. The van der Waals surface area contributed by atoms with Crippen LogP contribution in [0.3, 0.4) is 0 Å². The predicted octanol–water partition coefficient (Wildman–Crippen LogP) is 2.40. The van der Waals surface area contributed by atoms with Crippen molar-refractivity contribution in [3.8, 4) is 0 Å². The lowest BCUT2D eigenvalue weighted by molar-refractivity contribution is -0.117. The Labute approximate surface area is 116 Å². The summed E-state index contributed by atoms with van der Waals surface area (Å²) in [4.78, 5) is 18.0. The molecule has 1 aliphatic rings. The van der Waals surface area contributed by atoms with Gasteiger partial charge in [-0.05, 0) is 18.2 Å². The fourth-order valence-electron chi connectivity index (χ4n) is 2.09. The summed E-state index contributed by atoms with van der Waals surface area (Å²) in [5.74, 6) is 0.0865. The van der Waals surface area contributed by atoms with E-state index in [-0.39, 0.29) is 18.4 Å². The van der Waals surface area contributed by atoms with Gasteiger partial charge in [0, 0.05) is 30.0 Å². The van der Waals surface area contributed by atoms with Gasteiger partial charge in [0.15, 0.2) is 5.13 Å². The molecular weight excluding hydrogens is 316 g/mol. The molecule has 6 heteroatoms. The second kappa shape index (κ2) is 4.60. The van der Waals surface area contributed by atoms with E-state index in [1.165, 1.54) is 11.3 Å². The number of nitrogens with zero attached hydrogens (tertiary/aromatic N) is 2. The number of anilines is 1. The summed E-state index contributed by atoms with van der Waals surface area (Å²) in [7, 11) is 0. The number of rotatable bonds is 2. The van der Waals surface area contributed by atoms with Crippen LogP contribution >= 0.6 is 27.3 Å². The first-order valence-corrected chi connectivity index (χ1v) is 7.25. The molecule has 1 saturated heterocycles. The van der Waals surface area contributed by atoms with Crippen LogP contribution in [0.1, 0.15) is 6.42 Å². The summed E-state index contributed by atoms with van der Waals surface area (Å²) < 4.78 is 2.06. The van der Waals surface area contributed by atoms with E-state index in [4.69, 9.17) is 5.11 Å². The van der Waals surface area contributed by atoms with Crippen molar-refractivity contribution in [2.45, 2.75) is 6.42 Å². The van der Waals surface area contributed by atoms with Gasteiger partial charge in [-0.3, -0.25) is 9.69 Å². The molecule has 0 aliphatic carbocycles. The maximum Gasteiger partial charge on any atom is 0.229 e. The standard InChI is InChI=1S/C12H11BrN2O2S/c13-8-1-2-9-10(4-8)18-12(14-9)15-5-7(6-16)3-11(15)17/h1-2,4,7,16H,3,5-6H2. The third-order valence-electron chi connectivity index (χ3n) is 3.03. The Balaban J connectivity index is 1.97. The molecular formula is C12H11BrN2O2S.